The molecule has 5 aromatic rings. The molecule has 174 valence electrons. The van der Waals surface area contributed by atoms with Gasteiger partial charge in [0.1, 0.15) is 16.2 Å². The minimum Gasteiger partial charge on any atom is -0.382 e. The second-order valence-electron chi connectivity index (χ2n) is 7.82. The van der Waals surface area contributed by atoms with Gasteiger partial charge in [-0.15, -0.1) is 0 Å². The highest BCUT2D eigenvalue weighted by Gasteiger charge is 2.30. The molecule has 0 amide bonds. The lowest BCUT2D eigenvalue weighted by Gasteiger charge is -2.05. The smallest absolute Gasteiger partial charge is 0.270 e. The maximum absolute atomic E-state index is 13.6. The molecule has 2 aromatic heterocycles. The number of nitro groups is 1. The summed E-state index contributed by atoms with van der Waals surface area (Å²) < 4.78 is 28.5. The number of aryl methyl sites for hydroxylation is 1. The predicted octanol–water partition coefficient (Wildman–Crippen LogP) is 4.10. The van der Waals surface area contributed by atoms with Crippen molar-refractivity contribution in [2.75, 3.05) is 5.73 Å². The van der Waals surface area contributed by atoms with E-state index in [1.807, 2.05) is 6.92 Å². The van der Waals surface area contributed by atoms with Gasteiger partial charge in [-0.3, -0.25) is 10.1 Å². The van der Waals surface area contributed by atoms with Crippen LogP contribution >= 0.6 is 0 Å². The number of sulfone groups is 1. The van der Waals surface area contributed by atoms with Gasteiger partial charge >= 0.3 is 0 Å². The number of anilines is 1. The van der Waals surface area contributed by atoms with Crippen LogP contribution in [-0.4, -0.2) is 34.2 Å². The van der Waals surface area contributed by atoms with Gasteiger partial charge < -0.3 is 5.73 Å². The summed E-state index contributed by atoms with van der Waals surface area (Å²) in [6, 6.07) is 19.3. The molecule has 0 radical (unpaired) electrons. The summed E-state index contributed by atoms with van der Waals surface area (Å²) in [6.45, 7) is 1.86. The average molecular weight is 487 g/mol. The lowest BCUT2D eigenvalue weighted by molar-refractivity contribution is -0.384. The number of nitrogen functional groups attached to an aromatic ring is 1. The molecule has 0 unspecified atom stereocenters. The average Bonchev–Trinajstić information content (AvgIpc) is 3.12. The molecule has 2 heterocycles. The zero-order valence-corrected chi connectivity index (χ0v) is 19.2. The van der Waals surface area contributed by atoms with Crippen molar-refractivity contribution in [2.45, 2.75) is 16.7 Å². The van der Waals surface area contributed by atoms with Crippen molar-refractivity contribution in [3.63, 3.8) is 0 Å². The molecule has 0 aliphatic heterocycles. The number of benzene rings is 3. The van der Waals surface area contributed by atoms with Crippen LogP contribution in [0.3, 0.4) is 0 Å². The Bertz CT molecular complexity index is 1760. The van der Waals surface area contributed by atoms with Crippen LogP contribution in [0.25, 0.3) is 22.2 Å². The largest absolute Gasteiger partial charge is 0.382 e. The number of nitro benzene ring substituents is 1. The lowest BCUT2D eigenvalue weighted by Crippen LogP contribution is -2.06. The molecule has 0 spiro atoms. The Morgan fingerprint density at radius 1 is 1.00 bits per heavy atom. The third-order valence-electron chi connectivity index (χ3n) is 5.43. The first kappa shape index (κ1) is 22.2. The first-order chi connectivity index (χ1) is 16.8. The summed E-state index contributed by atoms with van der Waals surface area (Å²) in [5.74, 6) is -0.169. The Hall–Kier alpha value is -4.64. The summed E-state index contributed by atoms with van der Waals surface area (Å²) in [6.07, 6.45) is 1.35. The van der Waals surface area contributed by atoms with Crippen LogP contribution in [0.4, 0.5) is 11.5 Å². The van der Waals surface area contributed by atoms with Crippen LogP contribution < -0.4 is 5.73 Å². The van der Waals surface area contributed by atoms with Crippen LogP contribution in [0, 0.1) is 17.0 Å². The Kier molecular flexibility index (Phi) is 5.25. The van der Waals surface area contributed by atoms with Gasteiger partial charge in [-0.05, 0) is 31.2 Å². The van der Waals surface area contributed by atoms with Gasteiger partial charge in [0.2, 0.25) is 9.84 Å². The number of para-hydroxylation sites is 2. The fourth-order valence-corrected chi connectivity index (χ4v) is 5.17. The number of fused-ring (bicyclic) bond motifs is 2. The number of nitrogens with two attached hydrogens (primary N) is 1. The van der Waals surface area contributed by atoms with E-state index in [-0.39, 0.29) is 32.5 Å². The van der Waals surface area contributed by atoms with Crippen molar-refractivity contribution < 1.29 is 13.3 Å². The SMILES string of the molecule is Cc1ccc(S(=O)(=O)c2c(N)n(N=Cc3cccc([N+](=O)[O-])c3)c3nc4ccccc4nc23)cc1. The highest BCUT2D eigenvalue weighted by molar-refractivity contribution is 7.92. The van der Waals surface area contributed by atoms with Crippen molar-refractivity contribution >= 4 is 49.8 Å². The van der Waals surface area contributed by atoms with Crippen LogP contribution in [0.2, 0.25) is 0 Å². The topological polar surface area (TPSA) is 146 Å². The van der Waals surface area contributed by atoms with E-state index in [1.54, 1.807) is 42.5 Å². The van der Waals surface area contributed by atoms with E-state index in [9.17, 15) is 18.5 Å². The van der Waals surface area contributed by atoms with Crippen LogP contribution in [0.5, 0.6) is 0 Å². The van der Waals surface area contributed by atoms with Crippen LogP contribution in [0.15, 0.2) is 87.7 Å². The molecule has 2 N–H and O–H groups in total. The second-order valence-corrected chi connectivity index (χ2v) is 9.71. The summed E-state index contributed by atoms with van der Waals surface area (Å²) in [4.78, 5) is 19.6. The summed E-state index contributed by atoms with van der Waals surface area (Å²) >= 11 is 0. The van der Waals surface area contributed by atoms with Crippen molar-refractivity contribution in [1.29, 1.82) is 0 Å². The molecule has 11 heteroatoms. The number of hydrogen-bond donors (Lipinski definition) is 1. The highest BCUT2D eigenvalue weighted by Crippen LogP contribution is 2.35. The maximum atomic E-state index is 13.6. The summed E-state index contributed by atoms with van der Waals surface area (Å²) in [5, 5.41) is 15.4. The lowest BCUT2D eigenvalue weighted by atomic mass is 10.2. The molecule has 10 nitrogen and oxygen atoms in total. The van der Waals surface area contributed by atoms with Crippen molar-refractivity contribution in [3.05, 3.63) is 94.0 Å². The molecule has 0 fully saturated rings. The first-order valence-electron chi connectivity index (χ1n) is 10.4. The van der Waals surface area contributed by atoms with E-state index in [1.165, 1.54) is 41.2 Å². The minimum absolute atomic E-state index is 0.0615. The number of aromatic nitrogens is 3. The van der Waals surface area contributed by atoms with Gasteiger partial charge in [-0.25, -0.2) is 18.4 Å². The quantitative estimate of drug-likeness (QED) is 0.223. The van der Waals surface area contributed by atoms with E-state index >= 15 is 0 Å². The van der Waals surface area contributed by atoms with Gasteiger partial charge in [0.25, 0.3) is 5.69 Å². The molecule has 0 aliphatic rings. The predicted molar refractivity (Wildman–Crippen MR) is 132 cm³/mol. The number of nitrogens with zero attached hydrogens (tertiary/aromatic N) is 5. The fourth-order valence-electron chi connectivity index (χ4n) is 3.68. The van der Waals surface area contributed by atoms with Gasteiger partial charge in [0.05, 0.1) is 27.1 Å². The fraction of sp³-hybridized carbons (Fsp3) is 0.0417. The molecule has 0 bridgehead atoms. The van der Waals surface area contributed by atoms with Crippen LogP contribution in [0.1, 0.15) is 11.1 Å². The van der Waals surface area contributed by atoms with Gasteiger partial charge in [-0.1, -0.05) is 42.0 Å². The standard InChI is InChI=1S/C24H18N6O4S/c1-15-9-11-18(12-10-15)35(33,34)22-21-24(28-20-8-3-2-7-19(20)27-21)29(23(22)25)26-14-16-5-4-6-17(13-16)30(31)32/h2-14H,25H2,1H3. The molecular weight excluding hydrogens is 468 g/mol. The Balaban J connectivity index is 1.76. The molecule has 0 saturated carbocycles. The van der Waals surface area contributed by atoms with Gasteiger partial charge in [0.15, 0.2) is 5.65 Å². The van der Waals surface area contributed by atoms with E-state index in [4.69, 9.17) is 5.73 Å². The minimum atomic E-state index is -4.07. The van der Waals surface area contributed by atoms with Crippen molar-refractivity contribution in [3.8, 4) is 0 Å². The van der Waals surface area contributed by atoms with E-state index in [2.05, 4.69) is 15.1 Å². The van der Waals surface area contributed by atoms with Gasteiger partial charge in [0, 0.05) is 17.7 Å². The number of rotatable bonds is 5. The monoisotopic (exact) mass is 486 g/mol. The zero-order valence-electron chi connectivity index (χ0n) is 18.4. The third kappa shape index (κ3) is 3.87. The Labute approximate surface area is 199 Å². The number of hydrogen-bond acceptors (Lipinski definition) is 8. The molecule has 35 heavy (non-hydrogen) atoms. The molecule has 5 rings (SSSR count). The van der Waals surface area contributed by atoms with Crippen molar-refractivity contribution in [1.82, 2.24) is 14.6 Å². The third-order valence-corrected chi connectivity index (χ3v) is 7.26. The molecular formula is C24H18N6O4S. The molecule has 0 atom stereocenters. The molecule has 0 saturated heterocycles. The zero-order chi connectivity index (χ0) is 24.7. The maximum Gasteiger partial charge on any atom is 0.270 e. The normalized spacial score (nSPS) is 12.0. The highest BCUT2D eigenvalue weighted by atomic mass is 32.2. The summed E-state index contributed by atoms with van der Waals surface area (Å²) in [7, 11) is -4.07. The number of non-ortho nitro benzene ring substituents is 1. The van der Waals surface area contributed by atoms with Crippen LogP contribution in [-0.2, 0) is 9.84 Å². The first-order valence-corrected chi connectivity index (χ1v) is 11.9. The Morgan fingerprint density at radius 3 is 2.37 bits per heavy atom. The van der Waals surface area contributed by atoms with E-state index < -0.39 is 14.8 Å². The second kappa shape index (κ2) is 8.29. The van der Waals surface area contributed by atoms with E-state index in [0.717, 1.165) is 5.56 Å². The molecule has 3 aromatic carbocycles. The van der Waals surface area contributed by atoms with Crippen molar-refractivity contribution in [2.24, 2.45) is 5.10 Å². The van der Waals surface area contributed by atoms with Gasteiger partial charge in [-0.2, -0.15) is 9.78 Å². The summed E-state index contributed by atoms with van der Waals surface area (Å²) in [5.41, 5.74) is 8.85. The molecule has 0 aliphatic carbocycles. The Morgan fingerprint density at radius 2 is 1.69 bits per heavy atom. The van der Waals surface area contributed by atoms with E-state index in [0.29, 0.717) is 16.6 Å².